The predicted octanol–water partition coefficient (Wildman–Crippen LogP) is 4.00. The molecule has 0 saturated heterocycles. The summed E-state index contributed by atoms with van der Waals surface area (Å²) in [6.07, 6.45) is -0.798. The van der Waals surface area contributed by atoms with Crippen molar-refractivity contribution in [3.05, 3.63) is 76.4 Å². The van der Waals surface area contributed by atoms with Crippen molar-refractivity contribution in [3.8, 4) is 17.0 Å². The first-order chi connectivity index (χ1) is 11.2. The minimum atomic E-state index is -0.798. The summed E-state index contributed by atoms with van der Waals surface area (Å²) in [7, 11) is 1.61. The van der Waals surface area contributed by atoms with E-state index >= 15 is 0 Å². The molecular formula is C18H15BrN2O2. The van der Waals surface area contributed by atoms with Gasteiger partial charge < -0.3 is 9.84 Å². The van der Waals surface area contributed by atoms with Crippen molar-refractivity contribution in [2.24, 2.45) is 0 Å². The molecule has 3 aromatic rings. The van der Waals surface area contributed by atoms with E-state index in [1.54, 1.807) is 7.11 Å². The quantitative estimate of drug-likeness (QED) is 0.753. The number of ether oxygens (including phenoxy) is 1. The standard InChI is InChI=1S/C18H15BrN2O2/c1-23-14-9-7-13(8-10-14)17(22)15-11-16(20-21-18(15)19)12-5-3-2-4-6-12/h2-11,17,22H,1H3. The highest BCUT2D eigenvalue weighted by molar-refractivity contribution is 9.10. The Hall–Kier alpha value is -2.24. The fourth-order valence-electron chi connectivity index (χ4n) is 2.30. The lowest BCUT2D eigenvalue weighted by Gasteiger charge is -2.14. The van der Waals surface area contributed by atoms with E-state index in [0.29, 0.717) is 10.2 Å². The van der Waals surface area contributed by atoms with Crippen LogP contribution in [0.1, 0.15) is 17.2 Å². The third kappa shape index (κ3) is 3.41. The molecule has 23 heavy (non-hydrogen) atoms. The second kappa shape index (κ2) is 6.89. The summed E-state index contributed by atoms with van der Waals surface area (Å²) in [5, 5.41) is 19.0. The van der Waals surface area contributed by atoms with Crippen molar-refractivity contribution < 1.29 is 9.84 Å². The summed E-state index contributed by atoms with van der Waals surface area (Å²) in [5.74, 6) is 0.748. The number of aliphatic hydroxyl groups is 1. The Balaban J connectivity index is 1.97. The van der Waals surface area contributed by atoms with E-state index in [1.807, 2.05) is 60.7 Å². The Kier molecular flexibility index (Phi) is 4.69. The van der Waals surface area contributed by atoms with Crippen LogP contribution in [-0.4, -0.2) is 22.4 Å². The molecule has 1 atom stereocenters. The molecule has 3 rings (SSSR count). The molecular weight excluding hydrogens is 356 g/mol. The van der Waals surface area contributed by atoms with E-state index in [0.717, 1.165) is 22.6 Å². The number of benzene rings is 2. The highest BCUT2D eigenvalue weighted by Crippen LogP contribution is 2.30. The van der Waals surface area contributed by atoms with Crippen LogP contribution in [-0.2, 0) is 0 Å². The molecule has 0 bridgehead atoms. The van der Waals surface area contributed by atoms with Gasteiger partial charge in [0.15, 0.2) is 0 Å². The zero-order valence-electron chi connectivity index (χ0n) is 12.5. The molecule has 1 heterocycles. The van der Waals surface area contributed by atoms with Crippen LogP contribution in [0.3, 0.4) is 0 Å². The van der Waals surface area contributed by atoms with Gasteiger partial charge in [-0.3, -0.25) is 0 Å². The van der Waals surface area contributed by atoms with Crippen molar-refractivity contribution in [1.29, 1.82) is 0 Å². The van der Waals surface area contributed by atoms with Gasteiger partial charge in [-0.25, -0.2) is 0 Å². The van der Waals surface area contributed by atoms with Crippen LogP contribution < -0.4 is 4.74 Å². The first kappa shape index (κ1) is 15.6. The molecule has 0 aliphatic carbocycles. The van der Waals surface area contributed by atoms with Crippen molar-refractivity contribution in [1.82, 2.24) is 10.2 Å². The summed E-state index contributed by atoms with van der Waals surface area (Å²) < 4.78 is 5.67. The second-order valence-corrected chi connectivity index (χ2v) is 5.77. The van der Waals surface area contributed by atoms with Crippen LogP contribution in [0, 0.1) is 0 Å². The van der Waals surface area contributed by atoms with Gasteiger partial charge in [0.25, 0.3) is 0 Å². The minimum absolute atomic E-state index is 0.528. The molecule has 5 heteroatoms. The lowest BCUT2D eigenvalue weighted by Crippen LogP contribution is -2.04. The molecule has 0 fully saturated rings. The Bertz CT molecular complexity index is 792. The average molecular weight is 371 g/mol. The SMILES string of the molecule is COc1ccc(C(O)c2cc(-c3ccccc3)nnc2Br)cc1. The number of hydrogen-bond donors (Lipinski definition) is 1. The minimum Gasteiger partial charge on any atom is -0.497 e. The van der Waals surface area contributed by atoms with Crippen LogP contribution in [0.4, 0.5) is 0 Å². The van der Waals surface area contributed by atoms with E-state index in [9.17, 15) is 5.11 Å². The number of aliphatic hydroxyl groups excluding tert-OH is 1. The molecule has 1 N–H and O–H groups in total. The zero-order valence-corrected chi connectivity index (χ0v) is 14.1. The summed E-state index contributed by atoms with van der Waals surface area (Å²) in [6.45, 7) is 0. The maximum atomic E-state index is 10.7. The fraction of sp³-hybridized carbons (Fsp3) is 0.111. The number of halogens is 1. The van der Waals surface area contributed by atoms with Crippen LogP contribution in [0.25, 0.3) is 11.3 Å². The third-order valence-electron chi connectivity index (χ3n) is 3.57. The highest BCUT2D eigenvalue weighted by atomic mass is 79.9. The zero-order chi connectivity index (χ0) is 16.2. The fourth-order valence-corrected chi connectivity index (χ4v) is 2.71. The summed E-state index contributed by atoms with van der Waals surface area (Å²) in [6, 6.07) is 18.9. The molecule has 1 aromatic heterocycles. The Morgan fingerprint density at radius 3 is 2.35 bits per heavy atom. The van der Waals surface area contributed by atoms with Gasteiger partial charge >= 0.3 is 0 Å². The van der Waals surface area contributed by atoms with Crippen molar-refractivity contribution in [2.45, 2.75) is 6.10 Å². The smallest absolute Gasteiger partial charge is 0.134 e. The maximum Gasteiger partial charge on any atom is 0.134 e. The molecule has 0 amide bonds. The monoisotopic (exact) mass is 370 g/mol. The van der Waals surface area contributed by atoms with Crippen LogP contribution in [0.15, 0.2) is 65.3 Å². The van der Waals surface area contributed by atoms with E-state index in [1.165, 1.54) is 0 Å². The van der Waals surface area contributed by atoms with Gasteiger partial charge in [-0.05, 0) is 39.7 Å². The Morgan fingerprint density at radius 2 is 1.70 bits per heavy atom. The van der Waals surface area contributed by atoms with Crippen molar-refractivity contribution in [3.63, 3.8) is 0 Å². The van der Waals surface area contributed by atoms with E-state index in [-0.39, 0.29) is 0 Å². The van der Waals surface area contributed by atoms with Gasteiger partial charge in [0.05, 0.1) is 12.8 Å². The molecule has 0 spiro atoms. The van der Waals surface area contributed by atoms with Crippen molar-refractivity contribution in [2.75, 3.05) is 7.11 Å². The lowest BCUT2D eigenvalue weighted by molar-refractivity contribution is 0.218. The average Bonchev–Trinajstić information content (AvgIpc) is 2.62. The highest BCUT2D eigenvalue weighted by Gasteiger charge is 2.17. The van der Waals surface area contributed by atoms with Gasteiger partial charge in [-0.15, -0.1) is 10.2 Å². The first-order valence-corrected chi connectivity index (χ1v) is 7.89. The Morgan fingerprint density at radius 1 is 1.00 bits per heavy atom. The number of methoxy groups -OCH3 is 1. The second-order valence-electron chi connectivity index (χ2n) is 5.02. The topological polar surface area (TPSA) is 55.2 Å². The van der Waals surface area contributed by atoms with E-state index in [4.69, 9.17) is 4.74 Å². The molecule has 2 aromatic carbocycles. The molecule has 0 aliphatic heterocycles. The van der Waals surface area contributed by atoms with Crippen LogP contribution >= 0.6 is 15.9 Å². The normalized spacial score (nSPS) is 12.0. The van der Waals surface area contributed by atoms with Crippen LogP contribution in [0.5, 0.6) is 5.75 Å². The molecule has 116 valence electrons. The molecule has 1 unspecified atom stereocenters. The summed E-state index contributed by atoms with van der Waals surface area (Å²) in [5.41, 5.74) is 3.11. The maximum absolute atomic E-state index is 10.7. The van der Waals surface area contributed by atoms with Gasteiger partial charge in [-0.1, -0.05) is 42.5 Å². The number of nitrogens with zero attached hydrogens (tertiary/aromatic N) is 2. The van der Waals surface area contributed by atoms with Gasteiger partial charge in [0, 0.05) is 11.1 Å². The Labute approximate surface area is 142 Å². The first-order valence-electron chi connectivity index (χ1n) is 7.09. The number of hydrogen-bond acceptors (Lipinski definition) is 4. The molecule has 0 radical (unpaired) electrons. The molecule has 4 nitrogen and oxygen atoms in total. The van der Waals surface area contributed by atoms with E-state index in [2.05, 4.69) is 26.1 Å². The lowest BCUT2D eigenvalue weighted by atomic mass is 10.0. The third-order valence-corrected chi connectivity index (χ3v) is 4.19. The van der Waals surface area contributed by atoms with Gasteiger partial charge in [0.1, 0.15) is 16.5 Å². The van der Waals surface area contributed by atoms with Gasteiger partial charge in [-0.2, -0.15) is 0 Å². The largest absolute Gasteiger partial charge is 0.497 e. The van der Waals surface area contributed by atoms with Crippen molar-refractivity contribution >= 4 is 15.9 Å². The molecule has 0 saturated carbocycles. The molecule has 0 aliphatic rings. The van der Waals surface area contributed by atoms with Gasteiger partial charge in [0.2, 0.25) is 0 Å². The summed E-state index contributed by atoms with van der Waals surface area (Å²) in [4.78, 5) is 0. The number of aromatic nitrogens is 2. The number of rotatable bonds is 4. The summed E-state index contributed by atoms with van der Waals surface area (Å²) >= 11 is 3.37. The van der Waals surface area contributed by atoms with Crippen LogP contribution in [0.2, 0.25) is 0 Å². The van der Waals surface area contributed by atoms with E-state index < -0.39 is 6.10 Å². The predicted molar refractivity (Wildman–Crippen MR) is 92.2 cm³/mol.